The second kappa shape index (κ2) is 7.94. The van der Waals surface area contributed by atoms with Crippen LogP contribution >= 0.6 is 0 Å². The zero-order chi connectivity index (χ0) is 22.1. The number of anilines is 3. The Bertz CT molecular complexity index is 1030. The van der Waals surface area contributed by atoms with E-state index >= 15 is 0 Å². The molecular weight excluding hydrogens is 390 g/mol. The normalized spacial score (nSPS) is 11.8. The number of nitrogen functional groups attached to an aromatic ring is 1. The summed E-state index contributed by atoms with van der Waals surface area (Å²) in [5.74, 6) is -0.136. The van der Waals surface area contributed by atoms with Crippen molar-refractivity contribution in [3.63, 3.8) is 0 Å². The summed E-state index contributed by atoms with van der Waals surface area (Å²) in [6.07, 6.45) is 1.06. The Balaban J connectivity index is 2.58. The lowest BCUT2D eigenvalue weighted by atomic mass is 9.86. The fraction of sp³-hybridized carbons (Fsp3) is 0.381. The Morgan fingerprint density at radius 2 is 1.66 bits per heavy atom. The van der Waals surface area contributed by atoms with Crippen molar-refractivity contribution in [3.8, 4) is 5.75 Å². The highest BCUT2D eigenvalue weighted by Crippen LogP contribution is 2.39. The Labute approximate surface area is 172 Å². The van der Waals surface area contributed by atoms with Gasteiger partial charge in [0.25, 0.3) is 5.91 Å². The molecule has 7 nitrogen and oxygen atoms in total. The van der Waals surface area contributed by atoms with Crippen LogP contribution in [0.15, 0.2) is 24.3 Å². The zero-order valence-electron chi connectivity index (χ0n) is 17.9. The van der Waals surface area contributed by atoms with Crippen LogP contribution in [0.25, 0.3) is 0 Å². The van der Waals surface area contributed by atoms with Gasteiger partial charge >= 0.3 is 0 Å². The first-order chi connectivity index (χ1) is 13.2. The van der Waals surface area contributed by atoms with Gasteiger partial charge in [-0.25, -0.2) is 8.42 Å². The minimum Gasteiger partial charge on any atom is -0.492 e. The Hall–Kier alpha value is -2.74. The molecule has 8 heteroatoms. The van der Waals surface area contributed by atoms with Crippen molar-refractivity contribution in [1.82, 2.24) is 0 Å². The monoisotopic (exact) mass is 419 g/mol. The standard InChI is InChI=1S/C21H29N3O4S/c1-12-8-14(9-16(22)13(12)2)20(25)23-17-10-15(21(3,4)5)11-18(19(17)28-6)24-29(7,26)27/h8-11,24H,22H2,1-7H3,(H,23,25). The summed E-state index contributed by atoms with van der Waals surface area (Å²) in [5.41, 5.74) is 9.95. The molecule has 1 amide bonds. The van der Waals surface area contributed by atoms with E-state index in [1.54, 1.807) is 24.3 Å². The first-order valence-electron chi connectivity index (χ1n) is 9.11. The van der Waals surface area contributed by atoms with Crippen LogP contribution in [0.5, 0.6) is 5.75 Å². The summed E-state index contributed by atoms with van der Waals surface area (Å²) in [6, 6.07) is 6.88. The number of carbonyl (C=O) groups is 1. The largest absolute Gasteiger partial charge is 0.492 e. The van der Waals surface area contributed by atoms with E-state index in [1.165, 1.54) is 7.11 Å². The Morgan fingerprint density at radius 3 is 2.14 bits per heavy atom. The van der Waals surface area contributed by atoms with Crippen molar-refractivity contribution in [2.45, 2.75) is 40.0 Å². The molecule has 0 aliphatic heterocycles. The molecule has 0 spiro atoms. The first-order valence-corrected chi connectivity index (χ1v) is 11.0. The van der Waals surface area contributed by atoms with E-state index in [4.69, 9.17) is 10.5 Å². The van der Waals surface area contributed by atoms with E-state index in [0.29, 0.717) is 16.9 Å². The third kappa shape index (κ3) is 5.41. The van der Waals surface area contributed by atoms with Gasteiger partial charge in [0.2, 0.25) is 10.0 Å². The van der Waals surface area contributed by atoms with Crippen LogP contribution in [-0.4, -0.2) is 27.7 Å². The first kappa shape index (κ1) is 22.5. The number of rotatable bonds is 5. The van der Waals surface area contributed by atoms with E-state index in [0.717, 1.165) is 22.9 Å². The van der Waals surface area contributed by atoms with Crippen molar-refractivity contribution in [3.05, 3.63) is 46.5 Å². The van der Waals surface area contributed by atoms with Crippen molar-refractivity contribution in [2.24, 2.45) is 0 Å². The van der Waals surface area contributed by atoms with Crippen molar-refractivity contribution < 1.29 is 17.9 Å². The van der Waals surface area contributed by atoms with Crippen LogP contribution in [0.2, 0.25) is 0 Å². The van der Waals surface area contributed by atoms with Crippen LogP contribution < -0.4 is 20.5 Å². The molecule has 0 bridgehead atoms. The molecule has 2 aromatic rings. The summed E-state index contributed by atoms with van der Waals surface area (Å²) in [5, 5.41) is 2.84. The SMILES string of the molecule is COc1c(NC(=O)c2cc(C)c(C)c(N)c2)cc(C(C)(C)C)cc1NS(C)(=O)=O. The maximum Gasteiger partial charge on any atom is 0.255 e. The number of methoxy groups -OCH3 is 1. The van der Waals surface area contributed by atoms with Crippen LogP contribution in [0.4, 0.5) is 17.1 Å². The van der Waals surface area contributed by atoms with Crippen LogP contribution in [0.1, 0.15) is 47.8 Å². The van der Waals surface area contributed by atoms with Crippen molar-refractivity contribution in [1.29, 1.82) is 0 Å². The molecule has 4 N–H and O–H groups in total. The van der Waals surface area contributed by atoms with Gasteiger partial charge in [-0.15, -0.1) is 0 Å². The lowest BCUT2D eigenvalue weighted by Gasteiger charge is -2.24. The molecule has 0 aliphatic rings. The summed E-state index contributed by atoms with van der Waals surface area (Å²) in [7, 11) is -2.12. The van der Waals surface area contributed by atoms with Crippen molar-refractivity contribution >= 4 is 33.0 Å². The van der Waals surface area contributed by atoms with Gasteiger partial charge in [-0.1, -0.05) is 20.8 Å². The number of benzene rings is 2. The second-order valence-corrected chi connectivity index (χ2v) is 9.94. The molecule has 0 fully saturated rings. The van der Waals surface area contributed by atoms with Crippen LogP contribution in [0.3, 0.4) is 0 Å². The molecule has 2 aromatic carbocycles. The maximum absolute atomic E-state index is 12.9. The summed E-state index contributed by atoms with van der Waals surface area (Å²) >= 11 is 0. The molecule has 0 aliphatic carbocycles. The minimum atomic E-state index is -3.54. The van der Waals surface area contributed by atoms with Gasteiger partial charge in [0, 0.05) is 11.3 Å². The Morgan fingerprint density at radius 1 is 1.07 bits per heavy atom. The molecule has 0 saturated heterocycles. The zero-order valence-corrected chi connectivity index (χ0v) is 18.7. The van der Waals surface area contributed by atoms with Gasteiger partial charge in [0.05, 0.1) is 24.7 Å². The molecule has 0 heterocycles. The highest BCUT2D eigenvalue weighted by molar-refractivity contribution is 7.92. The lowest BCUT2D eigenvalue weighted by molar-refractivity contribution is 0.102. The molecule has 0 aromatic heterocycles. The van der Waals surface area contributed by atoms with E-state index in [2.05, 4.69) is 10.0 Å². The topological polar surface area (TPSA) is 111 Å². The van der Waals surface area contributed by atoms with Crippen LogP contribution in [-0.2, 0) is 15.4 Å². The molecule has 29 heavy (non-hydrogen) atoms. The highest BCUT2D eigenvalue weighted by atomic mass is 32.2. The maximum atomic E-state index is 12.9. The molecule has 0 atom stereocenters. The minimum absolute atomic E-state index is 0.230. The quantitative estimate of drug-likeness (QED) is 0.638. The van der Waals surface area contributed by atoms with Gasteiger partial charge in [0.1, 0.15) is 0 Å². The predicted octanol–water partition coefficient (Wildman–Crippen LogP) is 3.82. The smallest absolute Gasteiger partial charge is 0.255 e. The number of ether oxygens (including phenoxy) is 1. The van der Waals surface area contributed by atoms with Crippen molar-refractivity contribution in [2.75, 3.05) is 29.1 Å². The number of aryl methyl sites for hydroxylation is 1. The highest BCUT2D eigenvalue weighted by Gasteiger charge is 2.22. The summed E-state index contributed by atoms with van der Waals surface area (Å²) in [4.78, 5) is 12.9. The number of hydrogen-bond acceptors (Lipinski definition) is 5. The van der Waals surface area contributed by atoms with Gasteiger partial charge in [-0.05, 0) is 60.2 Å². The molecule has 158 valence electrons. The van der Waals surface area contributed by atoms with Gasteiger partial charge in [0.15, 0.2) is 5.75 Å². The number of hydrogen-bond donors (Lipinski definition) is 3. The predicted molar refractivity (Wildman–Crippen MR) is 118 cm³/mol. The summed E-state index contributed by atoms with van der Waals surface area (Å²) in [6.45, 7) is 9.76. The second-order valence-electron chi connectivity index (χ2n) is 8.19. The third-order valence-electron chi connectivity index (χ3n) is 4.67. The van der Waals surface area contributed by atoms with E-state index < -0.39 is 10.0 Å². The average Bonchev–Trinajstić information content (AvgIpc) is 2.56. The fourth-order valence-corrected chi connectivity index (χ4v) is 3.41. The number of nitrogens with two attached hydrogens (primary N) is 1. The van der Waals surface area contributed by atoms with Gasteiger partial charge in [-0.2, -0.15) is 0 Å². The number of amides is 1. The third-order valence-corrected chi connectivity index (χ3v) is 5.26. The molecule has 0 unspecified atom stereocenters. The lowest BCUT2D eigenvalue weighted by Crippen LogP contribution is -2.18. The van der Waals surface area contributed by atoms with E-state index in [1.807, 2.05) is 34.6 Å². The number of sulfonamides is 1. The van der Waals surface area contributed by atoms with E-state index in [9.17, 15) is 13.2 Å². The molecule has 2 rings (SSSR count). The molecular formula is C21H29N3O4S. The average molecular weight is 420 g/mol. The number of carbonyl (C=O) groups excluding carboxylic acids is 1. The Kier molecular flexibility index (Phi) is 6.18. The van der Waals surface area contributed by atoms with Gasteiger partial charge in [-0.3, -0.25) is 9.52 Å². The van der Waals surface area contributed by atoms with E-state index in [-0.39, 0.29) is 22.8 Å². The number of nitrogens with one attached hydrogen (secondary N) is 2. The van der Waals surface area contributed by atoms with Crippen LogP contribution in [0, 0.1) is 13.8 Å². The fourth-order valence-electron chi connectivity index (χ4n) is 2.86. The molecule has 0 radical (unpaired) electrons. The summed E-state index contributed by atoms with van der Waals surface area (Å²) < 4.78 is 31.5. The molecule has 0 saturated carbocycles. The van der Waals surface area contributed by atoms with Gasteiger partial charge < -0.3 is 15.8 Å².